The normalized spacial score (nSPS) is 18.9. The van der Waals surface area contributed by atoms with E-state index >= 15 is 0 Å². The molecule has 28 heavy (non-hydrogen) atoms. The molecule has 3 N–H and O–H groups in total. The SMILES string of the molecule is COc1ccc(NCCNC(=O)[C@@H]2CCCC[C@@H]2NC(=O)c2cccs2)cc1. The third-order valence-electron chi connectivity index (χ3n) is 5.01. The fraction of sp³-hybridized carbons (Fsp3) is 0.429. The van der Waals surface area contributed by atoms with Crippen molar-refractivity contribution in [1.29, 1.82) is 0 Å². The van der Waals surface area contributed by atoms with Crippen LogP contribution in [0.1, 0.15) is 35.4 Å². The second-order valence-corrected chi connectivity index (χ2v) is 7.84. The van der Waals surface area contributed by atoms with Gasteiger partial charge in [-0.05, 0) is 48.6 Å². The predicted molar refractivity (Wildman–Crippen MR) is 112 cm³/mol. The van der Waals surface area contributed by atoms with E-state index in [2.05, 4.69) is 16.0 Å². The Morgan fingerprint density at radius 1 is 1.11 bits per heavy atom. The summed E-state index contributed by atoms with van der Waals surface area (Å²) in [5, 5.41) is 11.2. The molecular weight excluding hydrogens is 374 g/mol. The zero-order valence-electron chi connectivity index (χ0n) is 16.1. The lowest BCUT2D eigenvalue weighted by Gasteiger charge is -2.31. The number of methoxy groups -OCH3 is 1. The van der Waals surface area contributed by atoms with Gasteiger partial charge in [-0.2, -0.15) is 0 Å². The Kier molecular flexibility index (Phi) is 7.31. The summed E-state index contributed by atoms with van der Waals surface area (Å²) in [7, 11) is 1.64. The first kappa shape index (κ1) is 20.2. The molecule has 6 nitrogen and oxygen atoms in total. The molecule has 1 aromatic heterocycles. The topological polar surface area (TPSA) is 79.5 Å². The Morgan fingerprint density at radius 3 is 2.61 bits per heavy atom. The van der Waals surface area contributed by atoms with Gasteiger partial charge in [-0.1, -0.05) is 18.9 Å². The summed E-state index contributed by atoms with van der Waals surface area (Å²) in [4.78, 5) is 25.7. The van der Waals surface area contributed by atoms with Crippen molar-refractivity contribution in [2.75, 3.05) is 25.5 Å². The molecule has 7 heteroatoms. The molecule has 0 radical (unpaired) electrons. The van der Waals surface area contributed by atoms with Gasteiger partial charge < -0.3 is 20.7 Å². The highest BCUT2D eigenvalue weighted by molar-refractivity contribution is 7.12. The summed E-state index contributed by atoms with van der Waals surface area (Å²) in [6.45, 7) is 1.17. The second kappa shape index (κ2) is 10.1. The van der Waals surface area contributed by atoms with Gasteiger partial charge in [0.05, 0.1) is 17.9 Å². The first-order valence-electron chi connectivity index (χ1n) is 9.67. The summed E-state index contributed by atoms with van der Waals surface area (Å²) in [6.07, 6.45) is 3.72. The summed E-state index contributed by atoms with van der Waals surface area (Å²) in [5.74, 6) is 0.582. The average molecular weight is 402 g/mol. The monoisotopic (exact) mass is 401 g/mol. The smallest absolute Gasteiger partial charge is 0.261 e. The summed E-state index contributed by atoms with van der Waals surface area (Å²) in [6, 6.07) is 11.2. The molecule has 1 heterocycles. The van der Waals surface area contributed by atoms with Gasteiger partial charge in [0.1, 0.15) is 5.75 Å². The van der Waals surface area contributed by atoms with E-state index in [0.717, 1.165) is 37.1 Å². The maximum atomic E-state index is 12.7. The number of nitrogens with one attached hydrogen (secondary N) is 3. The Morgan fingerprint density at radius 2 is 1.89 bits per heavy atom. The van der Waals surface area contributed by atoms with Crippen LogP contribution in [0.25, 0.3) is 0 Å². The minimum absolute atomic E-state index is 0.0210. The number of benzene rings is 1. The van der Waals surface area contributed by atoms with Gasteiger partial charge in [0.25, 0.3) is 5.91 Å². The quantitative estimate of drug-likeness (QED) is 0.593. The fourth-order valence-corrected chi connectivity index (χ4v) is 4.12. The molecule has 1 saturated carbocycles. The highest BCUT2D eigenvalue weighted by Crippen LogP contribution is 2.25. The van der Waals surface area contributed by atoms with Gasteiger partial charge in [-0.25, -0.2) is 0 Å². The zero-order chi connectivity index (χ0) is 19.8. The number of rotatable bonds is 8. The van der Waals surface area contributed by atoms with E-state index in [4.69, 9.17) is 4.74 Å². The van der Waals surface area contributed by atoms with Crippen LogP contribution in [0.4, 0.5) is 5.69 Å². The van der Waals surface area contributed by atoms with Crippen LogP contribution in [0.3, 0.4) is 0 Å². The molecular formula is C21H27N3O3S. The molecule has 1 aliphatic carbocycles. The van der Waals surface area contributed by atoms with Gasteiger partial charge >= 0.3 is 0 Å². The van der Waals surface area contributed by atoms with Crippen LogP contribution >= 0.6 is 11.3 Å². The number of hydrogen-bond acceptors (Lipinski definition) is 5. The molecule has 2 aromatic rings. The summed E-state index contributed by atoms with van der Waals surface area (Å²) < 4.78 is 5.14. The van der Waals surface area contributed by atoms with Crippen molar-refractivity contribution in [3.63, 3.8) is 0 Å². The molecule has 1 fully saturated rings. The molecule has 1 aromatic carbocycles. The number of ether oxygens (including phenoxy) is 1. The Labute approximate surface area is 169 Å². The Balaban J connectivity index is 1.45. The lowest BCUT2D eigenvalue weighted by atomic mass is 9.83. The van der Waals surface area contributed by atoms with E-state index in [1.54, 1.807) is 7.11 Å². The number of anilines is 1. The maximum absolute atomic E-state index is 12.7. The lowest BCUT2D eigenvalue weighted by Crippen LogP contribution is -2.48. The van der Waals surface area contributed by atoms with Crippen molar-refractivity contribution in [3.8, 4) is 5.75 Å². The third kappa shape index (κ3) is 5.48. The van der Waals surface area contributed by atoms with Crippen molar-refractivity contribution >= 4 is 28.8 Å². The Bertz CT molecular complexity index is 762. The van der Waals surface area contributed by atoms with E-state index in [1.165, 1.54) is 11.3 Å². The average Bonchev–Trinajstić information content (AvgIpc) is 3.27. The molecule has 1 aliphatic rings. The van der Waals surface area contributed by atoms with E-state index in [9.17, 15) is 9.59 Å². The van der Waals surface area contributed by atoms with Crippen LogP contribution in [0.5, 0.6) is 5.75 Å². The van der Waals surface area contributed by atoms with Crippen LogP contribution in [-0.2, 0) is 4.79 Å². The maximum Gasteiger partial charge on any atom is 0.261 e. The first-order chi connectivity index (χ1) is 13.7. The molecule has 0 aliphatic heterocycles. The molecule has 0 unspecified atom stereocenters. The van der Waals surface area contributed by atoms with Crippen LogP contribution in [-0.4, -0.2) is 38.1 Å². The van der Waals surface area contributed by atoms with E-state index in [1.807, 2.05) is 41.8 Å². The molecule has 0 spiro atoms. The van der Waals surface area contributed by atoms with Gasteiger partial charge in [0.15, 0.2) is 0 Å². The highest BCUT2D eigenvalue weighted by atomic mass is 32.1. The molecule has 2 atom stereocenters. The minimum Gasteiger partial charge on any atom is -0.497 e. The van der Waals surface area contributed by atoms with Crippen LogP contribution in [0.15, 0.2) is 41.8 Å². The molecule has 0 saturated heterocycles. The predicted octanol–water partition coefficient (Wildman–Crippen LogP) is 3.27. The third-order valence-corrected chi connectivity index (χ3v) is 5.88. The van der Waals surface area contributed by atoms with Crippen LogP contribution < -0.4 is 20.7 Å². The standard InChI is InChI=1S/C21H27N3O3S/c1-27-16-10-8-15(9-11-16)22-12-13-23-20(25)17-5-2-3-6-18(17)24-21(26)19-7-4-14-28-19/h4,7-11,14,17-18,22H,2-3,5-6,12-13H2,1H3,(H,23,25)(H,24,26)/t17-,18+/m1/s1. The largest absolute Gasteiger partial charge is 0.497 e. The van der Waals surface area contributed by atoms with Crippen LogP contribution in [0.2, 0.25) is 0 Å². The fourth-order valence-electron chi connectivity index (χ4n) is 3.50. The summed E-state index contributed by atoms with van der Waals surface area (Å²) in [5.41, 5.74) is 0.980. The van der Waals surface area contributed by atoms with E-state index < -0.39 is 0 Å². The number of hydrogen-bond donors (Lipinski definition) is 3. The van der Waals surface area contributed by atoms with E-state index in [-0.39, 0.29) is 23.8 Å². The van der Waals surface area contributed by atoms with Gasteiger partial charge in [0.2, 0.25) is 5.91 Å². The molecule has 2 amide bonds. The van der Waals surface area contributed by atoms with Crippen molar-refractivity contribution in [2.45, 2.75) is 31.7 Å². The second-order valence-electron chi connectivity index (χ2n) is 6.89. The number of carbonyl (C=O) groups is 2. The minimum atomic E-state index is -0.168. The van der Waals surface area contributed by atoms with Crippen molar-refractivity contribution in [1.82, 2.24) is 10.6 Å². The zero-order valence-corrected chi connectivity index (χ0v) is 16.9. The molecule has 0 bridgehead atoms. The molecule has 150 valence electrons. The highest BCUT2D eigenvalue weighted by Gasteiger charge is 2.32. The van der Waals surface area contributed by atoms with Crippen molar-refractivity contribution in [3.05, 3.63) is 46.7 Å². The first-order valence-corrected chi connectivity index (χ1v) is 10.6. The summed E-state index contributed by atoms with van der Waals surface area (Å²) >= 11 is 1.42. The molecule has 3 rings (SSSR count). The number of carbonyl (C=O) groups excluding carboxylic acids is 2. The number of amides is 2. The van der Waals surface area contributed by atoms with Gasteiger partial charge in [0, 0.05) is 24.8 Å². The Hall–Kier alpha value is -2.54. The number of thiophene rings is 1. The van der Waals surface area contributed by atoms with Crippen molar-refractivity contribution < 1.29 is 14.3 Å². The van der Waals surface area contributed by atoms with E-state index in [0.29, 0.717) is 18.0 Å². The van der Waals surface area contributed by atoms with Crippen molar-refractivity contribution in [2.24, 2.45) is 5.92 Å². The lowest BCUT2D eigenvalue weighted by molar-refractivity contribution is -0.126. The van der Waals surface area contributed by atoms with Gasteiger partial charge in [-0.3, -0.25) is 9.59 Å². The van der Waals surface area contributed by atoms with Gasteiger partial charge in [-0.15, -0.1) is 11.3 Å². The van der Waals surface area contributed by atoms with Crippen LogP contribution in [0, 0.1) is 5.92 Å².